The van der Waals surface area contributed by atoms with Crippen LogP contribution in [0.2, 0.25) is 0 Å². The van der Waals surface area contributed by atoms with Gasteiger partial charge in [-0.1, -0.05) is 11.2 Å². The maximum absolute atomic E-state index is 9.20. The molecule has 1 N–H and O–H groups in total. The van der Waals surface area contributed by atoms with Gasteiger partial charge in [0.05, 0.1) is 25.9 Å². The van der Waals surface area contributed by atoms with Crippen LogP contribution in [0.4, 0.5) is 0 Å². The number of hydrogen-bond acceptors (Lipinski definition) is 7. The van der Waals surface area contributed by atoms with Crippen molar-refractivity contribution in [3.63, 3.8) is 0 Å². The Morgan fingerprint density at radius 3 is 3.10 bits per heavy atom. The van der Waals surface area contributed by atoms with E-state index in [-0.39, 0.29) is 18.8 Å². The van der Waals surface area contributed by atoms with Crippen molar-refractivity contribution in [1.82, 2.24) is 20.0 Å². The third-order valence-corrected chi connectivity index (χ3v) is 3.54. The summed E-state index contributed by atoms with van der Waals surface area (Å²) in [7, 11) is 0. The maximum atomic E-state index is 9.20. The molecule has 3 heterocycles. The molecule has 7 nitrogen and oxygen atoms in total. The molecule has 7 heteroatoms. The molecule has 1 fully saturated rings. The second-order valence-electron chi connectivity index (χ2n) is 5.14. The number of hydrogen-bond donors (Lipinski definition) is 1. The molecule has 1 saturated heterocycles. The van der Waals surface area contributed by atoms with E-state index in [2.05, 4.69) is 26.9 Å². The third kappa shape index (κ3) is 3.26. The van der Waals surface area contributed by atoms with E-state index in [1.807, 2.05) is 18.2 Å². The molecule has 0 amide bonds. The monoisotopic (exact) mass is 290 g/mol. The Hall–Kier alpha value is -1.83. The molecule has 2 unspecified atom stereocenters. The van der Waals surface area contributed by atoms with Gasteiger partial charge in [-0.2, -0.15) is 4.98 Å². The lowest BCUT2D eigenvalue weighted by atomic mass is 10.2. The molecule has 1 aliphatic rings. The largest absolute Gasteiger partial charge is 0.394 e. The molecule has 112 valence electrons. The zero-order chi connectivity index (χ0) is 14.7. The molecule has 3 rings (SSSR count). The highest BCUT2D eigenvalue weighted by Crippen LogP contribution is 2.17. The molecule has 2 aromatic heterocycles. The Kier molecular flexibility index (Phi) is 4.23. The third-order valence-electron chi connectivity index (χ3n) is 3.54. The lowest BCUT2D eigenvalue weighted by Crippen LogP contribution is -2.48. The number of pyridine rings is 1. The number of ether oxygens (including phenoxy) is 1. The van der Waals surface area contributed by atoms with Gasteiger partial charge < -0.3 is 14.4 Å². The Labute approximate surface area is 122 Å². The van der Waals surface area contributed by atoms with E-state index in [4.69, 9.17) is 9.26 Å². The summed E-state index contributed by atoms with van der Waals surface area (Å²) in [6.45, 7) is 3.88. The van der Waals surface area contributed by atoms with Gasteiger partial charge >= 0.3 is 0 Å². The smallest absolute Gasteiger partial charge is 0.241 e. The predicted octanol–water partition coefficient (Wildman–Crippen LogP) is 0.713. The Bertz CT molecular complexity index is 575. The number of aromatic nitrogens is 3. The summed E-state index contributed by atoms with van der Waals surface area (Å²) >= 11 is 0. The Balaban J connectivity index is 1.69. The number of aliphatic hydroxyl groups excluding tert-OH is 1. The summed E-state index contributed by atoms with van der Waals surface area (Å²) in [4.78, 5) is 10.7. The first-order valence-corrected chi connectivity index (χ1v) is 6.96. The molecule has 0 aliphatic carbocycles. The average Bonchev–Trinajstić information content (AvgIpc) is 2.99. The van der Waals surface area contributed by atoms with Crippen LogP contribution in [0.15, 0.2) is 28.9 Å². The van der Waals surface area contributed by atoms with Crippen LogP contribution in [-0.4, -0.2) is 57.0 Å². The molecule has 1 aliphatic heterocycles. The van der Waals surface area contributed by atoms with Crippen molar-refractivity contribution in [3.8, 4) is 11.5 Å². The summed E-state index contributed by atoms with van der Waals surface area (Å²) in [5, 5.41) is 13.2. The van der Waals surface area contributed by atoms with Crippen molar-refractivity contribution < 1.29 is 14.4 Å². The summed E-state index contributed by atoms with van der Waals surface area (Å²) in [6, 6.07) is 5.81. The molecule has 0 aromatic carbocycles. The normalized spacial score (nSPS) is 23.3. The van der Waals surface area contributed by atoms with Gasteiger partial charge in [0, 0.05) is 18.8 Å². The summed E-state index contributed by atoms with van der Waals surface area (Å²) in [6.07, 6.45) is 1.54. The highest BCUT2D eigenvalue weighted by molar-refractivity contribution is 5.46. The van der Waals surface area contributed by atoms with Gasteiger partial charge in [0.2, 0.25) is 11.7 Å². The van der Waals surface area contributed by atoms with Gasteiger partial charge in [0.1, 0.15) is 5.69 Å². The Morgan fingerprint density at radius 2 is 2.33 bits per heavy atom. The summed E-state index contributed by atoms with van der Waals surface area (Å²) < 4.78 is 10.8. The van der Waals surface area contributed by atoms with E-state index < -0.39 is 0 Å². The molecular weight excluding hydrogens is 272 g/mol. The van der Waals surface area contributed by atoms with Crippen LogP contribution in [0.3, 0.4) is 0 Å². The van der Waals surface area contributed by atoms with E-state index in [9.17, 15) is 5.11 Å². The van der Waals surface area contributed by atoms with Crippen molar-refractivity contribution in [3.05, 3.63) is 30.3 Å². The van der Waals surface area contributed by atoms with E-state index in [0.717, 1.165) is 0 Å². The molecule has 21 heavy (non-hydrogen) atoms. The van der Waals surface area contributed by atoms with Gasteiger partial charge in [-0.15, -0.1) is 0 Å². The van der Waals surface area contributed by atoms with Crippen molar-refractivity contribution in [2.45, 2.75) is 25.6 Å². The fraction of sp³-hybridized carbons (Fsp3) is 0.500. The zero-order valence-electron chi connectivity index (χ0n) is 11.8. The summed E-state index contributed by atoms with van der Waals surface area (Å²) in [5.74, 6) is 1.03. The predicted molar refractivity (Wildman–Crippen MR) is 74.2 cm³/mol. The van der Waals surface area contributed by atoms with Crippen molar-refractivity contribution in [1.29, 1.82) is 0 Å². The molecular formula is C14H18N4O3. The zero-order valence-corrected chi connectivity index (χ0v) is 11.8. The van der Waals surface area contributed by atoms with E-state index in [0.29, 0.717) is 37.1 Å². The molecule has 0 radical (unpaired) electrons. The standard InChI is InChI=1S/C14H18N4O3/c1-10-9-20-11(8-19)6-18(10)7-13-16-14(17-21-13)12-4-2-3-5-15-12/h2-5,10-11,19H,6-9H2,1H3. The van der Waals surface area contributed by atoms with Gasteiger partial charge in [0.25, 0.3) is 0 Å². The fourth-order valence-electron chi connectivity index (χ4n) is 2.30. The van der Waals surface area contributed by atoms with Crippen LogP contribution in [-0.2, 0) is 11.3 Å². The lowest BCUT2D eigenvalue weighted by molar-refractivity contribution is -0.0827. The van der Waals surface area contributed by atoms with E-state index >= 15 is 0 Å². The van der Waals surface area contributed by atoms with Gasteiger partial charge in [-0.25, -0.2) is 0 Å². The maximum Gasteiger partial charge on any atom is 0.241 e. The minimum Gasteiger partial charge on any atom is -0.394 e. The van der Waals surface area contributed by atoms with Crippen molar-refractivity contribution >= 4 is 0 Å². The van der Waals surface area contributed by atoms with Crippen LogP contribution in [0.5, 0.6) is 0 Å². The van der Waals surface area contributed by atoms with Crippen molar-refractivity contribution in [2.24, 2.45) is 0 Å². The minimum atomic E-state index is -0.153. The first-order valence-electron chi connectivity index (χ1n) is 6.96. The number of aliphatic hydroxyl groups is 1. The summed E-state index contributed by atoms with van der Waals surface area (Å²) in [5.41, 5.74) is 0.691. The van der Waals surface area contributed by atoms with Gasteiger partial charge in [-0.3, -0.25) is 9.88 Å². The van der Waals surface area contributed by atoms with Gasteiger partial charge in [-0.05, 0) is 19.1 Å². The van der Waals surface area contributed by atoms with Crippen LogP contribution < -0.4 is 0 Å². The van der Waals surface area contributed by atoms with Crippen LogP contribution in [0.25, 0.3) is 11.5 Å². The van der Waals surface area contributed by atoms with Crippen LogP contribution in [0, 0.1) is 0 Å². The Morgan fingerprint density at radius 1 is 1.43 bits per heavy atom. The minimum absolute atomic E-state index is 0.0201. The SMILES string of the molecule is CC1COC(CO)CN1Cc1nc(-c2ccccn2)no1. The first-order chi connectivity index (χ1) is 10.3. The topological polar surface area (TPSA) is 84.5 Å². The number of nitrogens with zero attached hydrogens (tertiary/aromatic N) is 4. The van der Waals surface area contributed by atoms with Crippen LogP contribution in [0.1, 0.15) is 12.8 Å². The first kappa shape index (κ1) is 14.1. The number of rotatable bonds is 4. The highest BCUT2D eigenvalue weighted by atomic mass is 16.5. The highest BCUT2D eigenvalue weighted by Gasteiger charge is 2.27. The van der Waals surface area contributed by atoms with Crippen molar-refractivity contribution in [2.75, 3.05) is 19.8 Å². The van der Waals surface area contributed by atoms with Crippen LogP contribution >= 0.6 is 0 Å². The average molecular weight is 290 g/mol. The molecule has 0 spiro atoms. The van der Waals surface area contributed by atoms with Gasteiger partial charge in [0.15, 0.2) is 0 Å². The molecule has 0 bridgehead atoms. The van der Waals surface area contributed by atoms with E-state index in [1.165, 1.54) is 0 Å². The quantitative estimate of drug-likeness (QED) is 0.887. The lowest BCUT2D eigenvalue weighted by Gasteiger charge is -2.36. The molecule has 2 aromatic rings. The molecule has 0 saturated carbocycles. The second-order valence-corrected chi connectivity index (χ2v) is 5.14. The fourth-order valence-corrected chi connectivity index (χ4v) is 2.30. The second kappa shape index (κ2) is 6.30. The molecule has 2 atom stereocenters. The van der Waals surface area contributed by atoms with E-state index in [1.54, 1.807) is 6.20 Å². The number of morpholine rings is 1.